The Hall–Kier alpha value is -2.86. The van der Waals surface area contributed by atoms with E-state index in [1.807, 2.05) is 24.3 Å². The Bertz CT molecular complexity index is 852. The third-order valence-electron chi connectivity index (χ3n) is 4.30. The van der Waals surface area contributed by atoms with Crippen molar-refractivity contribution >= 4 is 23.4 Å². The lowest BCUT2D eigenvalue weighted by Crippen LogP contribution is -2.27. The molecule has 2 N–H and O–H groups in total. The second kappa shape index (κ2) is 9.09. The fourth-order valence-corrected chi connectivity index (χ4v) is 2.70. The van der Waals surface area contributed by atoms with E-state index in [0.29, 0.717) is 17.9 Å². The average Bonchev–Trinajstić information content (AvgIpc) is 3.45. The molecule has 0 saturated heterocycles. The number of ether oxygens (including phenoxy) is 2. The van der Waals surface area contributed by atoms with Gasteiger partial charge >= 0.3 is 6.09 Å². The van der Waals surface area contributed by atoms with E-state index in [1.165, 1.54) is 12.8 Å². The number of amides is 2. The molecule has 1 aliphatic rings. The molecule has 2 aromatic rings. The van der Waals surface area contributed by atoms with Crippen LogP contribution < -0.4 is 10.6 Å². The molecule has 0 radical (unpaired) electrons. The van der Waals surface area contributed by atoms with Gasteiger partial charge in [-0.25, -0.2) is 4.79 Å². The van der Waals surface area contributed by atoms with Gasteiger partial charge in [-0.05, 0) is 81.5 Å². The fraction of sp³-hybridized carbons (Fsp3) is 0.391. The maximum atomic E-state index is 12.5. The van der Waals surface area contributed by atoms with Crippen LogP contribution in [0.15, 0.2) is 48.5 Å². The molecule has 0 unspecified atom stereocenters. The third kappa shape index (κ3) is 7.23. The molecule has 1 saturated carbocycles. The second-order valence-electron chi connectivity index (χ2n) is 8.32. The van der Waals surface area contributed by atoms with Crippen LogP contribution in [0, 0.1) is 5.92 Å². The lowest BCUT2D eigenvalue weighted by Gasteiger charge is -2.19. The Balaban J connectivity index is 1.53. The van der Waals surface area contributed by atoms with Crippen LogP contribution in [0.5, 0.6) is 0 Å². The summed E-state index contributed by atoms with van der Waals surface area (Å²) in [7, 11) is 0. The SMILES string of the molecule is CC(C)(C)OC(=O)Nc1ccc(C(=O)Nc2cccc(COCC3CC3)c2)cc1. The first-order valence-corrected chi connectivity index (χ1v) is 9.86. The van der Waals surface area contributed by atoms with Crippen LogP contribution in [0.3, 0.4) is 0 Å². The molecule has 0 aliphatic heterocycles. The standard InChI is InChI=1S/C23H28N2O4/c1-23(2,3)29-22(27)25-19-11-9-18(10-12-19)21(26)24-20-6-4-5-17(13-20)15-28-14-16-7-8-16/h4-6,9-13,16H,7-8,14-15H2,1-3H3,(H,24,26)(H,25,27). The van der Waals surface area contributed by atoms with Crippen molar-refractivity contribution in [1.29, 1.82) is 0 Å². The Kier molecular flexibility index (Phi) is 6.54. The minimum atomic E-state index is -0.568. The van der Waals surface area contributed by atoms with Gasteiger partial charge in [0.2, 0.25) is 0 Å². The van der Waals surface area contributed by atoms with Crippen LogP contribution in [-0.4, -0.2) is 24.2 Å². The highest BCUT2D eigenvalue weighted by Crippen LogP contribution is 2.29. The van der Waals surface area contributed by atoms with E-state index in [1.54, 1.807) is 45.0 Å². The summed E-state index contributed by atoms with van der Waals surface area (Å²) in [5.74, 6) is 0.510. The van der Waals surface area contributed by atoms with Crippen molar-refractivity contribution < 1.29 is 19.1 Å². The molecule has 0 bridgehead atoms. The number of carbonyl (C=O) groups excluding carboxylic acids is 2. The summed E-state index contributed by atoms with van der Waals surface area (Å²) < 4.78 is 10.9. The first-order valence-electron chi connectivity index (χ1n) is 9.86. The highest BCUT2D eigenvalue weighted by atomic mass is 16.6. The van der Waals surface area contributed by atoms with Gasteiger partial charge in [-0.15, -0.1) is 0 Å². The van der Waals surface area contributed by atoms with Gasteiger partial charge in [0.1, 0.15) is 5.60 Å². The summed E-state index contributed by atoms with van der Waals surface area (Å²) >= 11 is 0. The number of anilines is 2. The molecule has 6 nitrogen and oxygen atoms in total. The molecular formula is C23H28N2O4. The molecule has 154 valence electrons. The van der Waals surface area contributed by atoms with E-state index in [4.69, 9.17) is 9.47 Å². The predicted octanol–water partition coefficient (Wildman–Crippen LogP) is 5.21. The summed E-state index contributed by atoms with van der Waals surface area (Å²) in [6, 6.07) is 14.3. The first kappa shape index (κ1) is 20.9. The van der Waals surface area contributed by atoms with Gasteiger partial charge in [-0.3, -0.25) is 10.1 Å². The predicted molar refractivity (Wildman–Crippen MR) is 113 cm³/mol. The maximum Gasteiger partial charge on any atom is 0.412 e. The molecule has 1 fully saturated rings. The van der Waals surface area contributed by atoms with Crippen LogP contribution in [0.1, 0.15) is 49.5 Å². The van der Waals surface area contributed by atoms with Gasteiger partial charge in [-0.2, -0.15) is 0 Å². The van der Waals surface area contributed by atoms with Crippen LogP contribution in [0.2, 0.25) is 0 Å². The minimum Gasteiger partial charge on any atom is -0.444 e. The quantitative estimate of drug-likeness (QED) is 0.673. The normalized spacial score (nSPS) is 13.6. The Morgan fingerprint density at radius 3 is 2.38 bits per heavy atom. The third-order valence-corrected chi connectivity index (χ3v) is 4.30. The largest absolute Gasteiger partial charge is 0.444 e. The molecule has 3 rings (SSSR count). The molecule has 0 heterocycles. The van der Waals surface area contributed by atoms with E-state index in [-0.39, 0.29) is 5.91 Å². The number of benzene rings is 2. The molecule has 2 aromatic carbocycles. The van der Waals surface area contributed by atoms with Crippen molar-refractivity contribution in [2.24, 2.45) is 5.92 Å². The fourth-order valence-electron chi connectivity index (χ4n) is 2.70. The molecule has 0 aromatic heterocycles. The average molecular weight is 396 g/mol. The van der Waals surface area contributed by atoms with Gasteiger partial charge in [0, 0.05) is 23.5 Å². The van der Waals surface area contributed by atoms with Crippen molar-refractivity contribution in [3.05, 3.63) is 59.7 Å². The van der Waals surface area contributed by atoms with Gasteiger partial charge < -0.3 is 14.8 Å². The molecule has 0 atom stereocenters. The number of carbonyl (C=O) groups is 2. The van der Waals surface area contributed by atoms with Crippen molar-refractivity contribution in [2.75, 3.05) is 17.2 Å². The van der Waals surface area contributed by atoms with E-state index in [2.05, 4.69) is 10.6 Å². The summed E-state index contributed by atoms with van der Waals surface area (Å²) in [4.78, 5) is 24.3. The van der Waals surface area contributed by atoms with Gasteiger partial charge in [-0.1, -0.05) is 12.1 Å². The highest BCUT2D eigenvalue weighted by Gasteiger charge is 2.21. The van der Waals surface area contributed by atoms with Crippen molar-refractivity contribution in [3.8, 4) is 0 Å². The molecule has 6 heteroatoms. The van der Waals surface area contributed by atoms with Crippen LogP contribution in [0.4, 0.5) is 16.2 Å². The Labute approximate surface area is 171 Å². The van der Waals surface area contributed by atoms with Crippen molar-refractivity contribution in [1.82, 2.24) is 0 Å². The van der Waals surface area contributed by atoms with Crippen molar-refractivity contribution in [3.63, 3.8) is 0 Å². The summed E-state index contributed by atoms with van der Waals surface area (Å²) in [5.41, 5.74) is 2.24. The van der Waals surface area contributed by atoms with E-state index in [9.17, 15) is 9.59 Å². The molecular weight excluding hydrogens is 368 g/mol. The van der Waals surface area contributed by atoms with Gasteiger partial charge in [0.05, 0.1) is 6.61 Å². The lowest BCUT2D eigenvalue weighted by atomic mass is 10.1. The number of hydrogen-bond donors (Lipinski definition) is 2. The van der Waals surface area contributed by atoms with E-state index < -0.39 is 11.7 Å². The van der Waals surface area contributed by atoms with Crippen molar-refractivity contribution in [2.45, 2.75) is 45.8 Å². The lowest BCUT2D eigenvalue weighted by molar-refractivity contribution is 0.0636. The summed E-state index contributed by atoms with van der Waals surface area (Å²) in [6.07, 6.45) is 2.00. The molecule has 0 spiro atoms. The number of rotatable bonds is 7. The molecule has 2 amide bonds. The monoisotopic (exact) mass is 396 g/mol. The zero-order valence-electron chi connectivity index (χ0n) is 17.2. The van der Waals surface area contributed by atoms with E-state index in [0.717, 1.165) is 23.8 Å². The highest BCUT2D eigenvalue weighted by molar-refractivity contribution is 6.04. The number of hydrogen-bond acceptors (Lipinski definition) is 4. The number of nitrogens with one attached hydrogen (secondary N) is 2. The zero-order chi connectivity index (χ0) is 20.9. The summed E-state index contributed by atoms with van der Waals surface area (Å²) in [5, 5.41) is 5.54. The Morgan fingerprint density at radius 2 is 1.72 bits per heavy atom. The molecule has 29 heavy (non-hydrogen) atoms. The van der Waals surface area contributed by atoms with Crippen LogP contribution >= 0.6 is 0 Å². The van der Waals surface area contributed by atoms with Crippen LogP contribution in [0.25, 0.3) is 0 Å². The topological polar surface area (TPSA) is 76.7 Å². The smallest absolute Gasteiger partial charge is 0.412 e. The van der Waals surface area contributed by atoms with Gasteiger partial charge in [0.15, 0.2) is 0 Å². The maximum absolute atomic E-state index is 12.5. The van der Waals surface area contributed by atoms with E-state index >= 15 is 0 Å². The minimum absolute atomic E-state index is 0.218. The summed E-state index contributed by atoms with van der Waals surface area (Å²) in [6.45, 7) is 6.75. The zero-order valence-corrected chi connectivity index (χ0v) is 17.2. The molecule has 1 aliphatic carbocycles. The first-order chi connectivity index (χ1) is 13.8. The second-order valence-corrected chi connectivity index (χ2v) is 8.32. The van der Waals surface area contributed by atoms with Crippen LogP contribution in [-0.2, 0) is 16.1 Å². The van der Waals surface area contributed by atoms with Gasteiger partial charge in [0.25, 0.3) is 5.91 Å². The Morgan fingerprint density at radius 1 is 1.00 bits per heavy atom.